The Balaban J connectivity index is 2.94. The van der Waals surface area contributed by atoms with Crippen LogP contribution in [0.5, 0.6) is 0 Å². The lowest BCUT2D eigenvalue weighted by Crippen LogP contribution is -2.35. The van der Waals surface area contributed by atoms with E-state index in [-0.39, 0.29) is 18.0 Å². The standard InChI is InChI=1S/C13H18F2N2O/c1-4-12(18)16-8-11(17(2)3)13-9(14)6-5-7-10(13)15/h5-7,11H,4,8H2,1-3H3,(H,16,18). The molecule has 1 rings (SSSR count). The molecule has 100 valence electrons. The van der Waals surface area contributed by atoms with Crippen molar-refractivity contribution in [2.24, 2.45) is 0 Å². The minimum absolute atomic E-state index is 0.0149. The topological polar surface area (TPSA) is 32.3 Å². The van der Waals surface area contributed by atoms with Crippen LogP contribution in [0.4, 0.5) is 8.78 Å². The third-order valence-corrected chi connectivity index (χ3v) is 2.77. The van der Waals surface area contributed by atoms with E-state index >= 15 is 0 Å². The quantitative estimate of drug-likeness (QED) is 0.875. The van der Waals surface area contributed by atoms with Crippen molar-refractivity contribution in [3.63, 3.8) is 0 Å². The van der Waals surface area contributed by atoms with Crippen LogP contribution in [-0.2, 0) is 4.79 Å². The van der Waals surface area contributed by atoms with Gasteiger partial charge in [-0.15, -0.1) is 0 Å². The van der Waals surface area contributed by atoms with Crippen molar-refractivity contribution in [1.29, 1.82) is 0 Å². The van der Waals surface area contributed by atoms with Crippen LogP contribution in [-0.4, -0.2) is 31.4 Å². The van der Waals surface area contributed by atoms with Gasteiger partial charge in [-0.2, -0.15) is 0 Å². The lowest BCUT2D eigenvalue weighted by molar-refractivity contribution is -0.121. The number of benzene rings is 1. The molecule has 0 aliphatic carbocycles. The van der Waals surface area contributed by atoms with E-state index in [0.29, 0.717) is 6.42 Å². The molecule has 0 aromatic heterocycles. The number of carbonyl (C=O) groups excluding carboxylic acids is 1. The molecule has 18 heavy (non-hydrogen) atoms. The van der Waals surface area contributed by atoms with Crippen molar-refractivity contribution in [3.8, 4) is 0 Å². The monoisotopic (exact) mass is 256 g/mol. The fourth-order valence-corrected chi connectivity index (χ4v) is 1.71. The summed E-state index contributed by atoms with van der Waals surface area (Å²) in [5.74, 6) is -1.34. The predicted molar refractivity (Wildman–Crippen MR) is 66.1 cm³/mol. The normalized spacial score (nSPS) is 12.6. The molecular formula is C13H18F2N2O. The first-order chi connectivity index (χ1) is 8.47. The first-order valence-electron chi connectivity index (χ1n) is 5.84. The molecule has 0 saturated heterocycles. The van der Waals surface area contributed by atoms with Crippen molar-refractivity contribution in [3.05, 3.63) is 35.4 Å². The highest BCUT2D eigenvalue weighted by atomic mass is 19.1. The van der Waals surface area contributed by atoms with E-state index in [0.717, 1.165) is 0 Å². The Labute approximate surface area is 106 Å². The van der Waals surface area contributed by atoms with Crippen molar-refractivity contribution in [1.82, 2.24) is 10.2 Å². The predicted octanol–water partition coefficient (Wildman–Crippen LogP) is 2.09. The second kappa shape index (κ2) is 6.44. The van der Waals surface area contributed by atoms with Crippen LogP contribution in [0.3, 0.4) is 0 Å². The Morgan fingerprint density at radius 1 is 1.33 bits per heavy atom. The molecule has 1 aromatic carbocycles. The highest BCUT2D eigenvalue weighted by Gasteiger charge is 2.22. The van der Waals surface area contributed by atoms with Crippen molar-refractivity contribution < 1.29 is 13.6 Å². The van der Waals surface area contributed by atoms with Gasteiger partial charge in [-0.3, -0.25) is 4.79 Å². The Morgan fingerprint density at radius 3 is 2.33 bits per heavy atom. The zero-order chi connectivity index (χ0) is 13.7. The number of likely N-dealkylation sites (N-methyl/N-ethyl adjacent to an activating group) is 1. The summed E-state index contributed by atoms with van der Waals surface area (Å²) in [6, 6.07) is 3.24. The van der Waals surface area contributed by atoms with Crippen LogP contribution in [0.15, 0.2) is 18.2 Å². The van der Waals surface area contributed by atoms with Crippen LogP contribution < -0.4 is 5.32 Å². The van der Waals surface area contributed by atoms with E-state index in [1.165, 1.54) is 18.2 Å². The maximum atomic E-state index is 13.7. The average molecular weight is 256 g/mol. The Bertz CT molecular complexity index is 401. The summed E-state index contributed by atoms with van der Waals surface area (Å²) in [6.07, 6.45) is 0.347. The lowest BCUT2D eigenvalue weighted by atomic mass is 10.0. The molecule has 0 saturated carbocycles. The molecule has 0 spiro atoms. The van der Waals surface area contributed by atoms with Gasteiger partial charge < -0.3 is 10.2 Å². The van der Waals surface area contributed by atoms with Gasteiger partial charge in [0.2, 0.25) is 5.91 Å². The van der Waals surface area contributed by atoms with Crippen molar-refractivity contribution in [2.45, 2.75) is 19.4 Å². The van der Waals surface area contributed by atoms with Gasteiger partial charge in [0.15, 0.2) is 0 Å². The van der Waals surface area contributed by atoms with Gasteiger partial charge in [0.05, 0.1) is 6.04 Å². The Morgan fingerprint density at radius 2 is 1.89 bits per heavy atom. The number of amides is 1. The Kier molecular flexibility index (Phi) is 5.22. The zero-order valence-corrected chi connectivity index (χ0v) is 10.8. The highest BCUT2D eigenvalue weighted by Crippen LogP contribution is 2.23. The van der Waals surface area contributed by atoms with Crippen LogP contribution in [0.1, 0.15) is 24.9 Å². The van der Waals surface area contributed by atoms with Gasteiger partial charge in [0, 0.05) is 18.5 Å². The number of nitrogens with one attached hydrogen (secondary N) is 1. The maximum absolute atomic E-state index is 13.7. The number of halogens is 2. The molecule has 3 nitrogen and oxygen atoms in total. The molecule has 5 heteroatoms. The number of rotatable bonds is 5. The fourth-order valence-electron chi connectivity index (χ4n) is 1.71. The summed E-state index contributed by atoms with van der Waals surface area (Å²) in [4.78, 5) is 12.9. The van der Waals surface area contributed by atoms with E-state index in [9.17, 15) is 13.6 Å². The maximum Gasteiger partial charge on any atom is 0.219 e. The van der Waals surface area contributed by atoms with Crippen molar-refractivity contribution in [2.75, 3.05) is 20.6 Å². The van der Waals surface area contributed by atoms with Gasteiger partial charge in [0.1, 0.15) is 11.6 Å². The van der Waals surface area contributed by atoms with E-state index < -0.39 is 17.7 Å². The largest absolute Gasteiger partial charge is 0.354 e. The molecule has 0 bridgehead atoms. The van der Waals surface area contributed by atoms with Gasteiger partial charge >= 0.3 is 0 Å². The second-order valence-corrected chi connectivity index (χ2v) is 4.27. The lowest BCUT2D eigenvalue weighted by Gasteiger charge is -2.25. The third kappa shape index (κ3) is 3.50. The van der Waals surface area contributed by atoms with Crippen molar-refractivity contribution >= 4 is 5.91 Å². The molecule has 1 unspecified atom stereocenters. The first kappa shape index (κ1) is 14.6. The molecule has 0 heterocycles. The van der Waals surface area contributed by atoms with E-state index in [2.05, 4.69) is 5.32 Å². The summed E-state index contributed by atoms with van der Waals surface area (Å²) < 4.78 is 27.4. The summed E-state index contributed by atoms with van der Waals surface area (Å²) in [5, 5.41) is 2.65. The summed E-state index contributed by atoms with van der Waals surface area (Å²) in [6.45, 7) is 1.90. The molecule has 0 aliphatic rings. The number of carbonyl (C=O) groups is 1. The SMILES string of the molecule is CCC(=O)NCC(c1c(F)cccc1F)N(C)C. The number of hydrogen-bond donors (Lipinski definition) is 1. The molecule has 0 radical (unpaired) electrons. The minimum atomic E-state index is -0.598. The van der Waals surface area contributed by atoms with E-state index in [1.54, 1.807) is 25.9 Å². The van der Waals surface area contributed by atoms with Crippen LogP contribution in [0.25, 0.3) is 0 Å². The summed E-state index contributed by atoms with van der Waals surface area (Å²) in [5.41, 5.74) is -0.0149. The van der Waals surface area contributed by atoms with Crippen LogP contribution >= 0.6 is 0 Å². The van der Waals surface area contributed by atoms with Gasteiger partial charge in [0.25, 0.3) is 0 Å². The average Bonchev–Trinajstić information content (AvgIpc) is 2.31. The molecule has 1 N–H and O–H groups in total. The van der Waals surface area contributed by atoms with Crippen LogP contribution in [0.2, 0.25) is 0 Å². The molecule has 1 aromatic rings. The number of hydrogen-bond acceptors (Lipinski definition) is 2. The second-order valence-electron chi connectivity index (χ2n) is 4.27. The highest BCUT2D eigenvalue weighted by molar-refractivity contribution is 5.75. The molecule has 1 amide bonds. The Hall–Kier alpha value is -1.49. The summed E-state index contributed by atoms with van der Waals surface area (Å²) >= 11 is 0. The minimum Gasteiger partial charge on any atom is -0.354 e. The van der Waals surface area contributed by atoms with E-state index in [4.69, 9.17) is 0 Å². The zero-order valence-electron chi connectivity index (χ0n) is 10.8. The fraction of sp³-hybridized carbons (Fsp3) is 0.462. The summed E-state index contributed by atoms with van der Waals surface area (Å²) in [7, 11) is 3.43. The molecular weight excluding hydrogens is 238 g/mol. The van der Waals surface area contributed by atoms with E-state index in [1.807, 2.05) is 0 Å². The van der Waals surface area contributed by atoms with Gasteiger partial charge in [-0.1, -0.05) is 13.0 Å². The third-order valence-electron chi connectivity index (χ3n) is 2.77. The van der Waals surface area contributed by atoms with Gasteiger partial charge in [-0.05, 0) is 26.2 Å². The first-order valence-corrected chi connectivity index (χ1v) is 5.84. The molecule has 0 aliphatic heterocycles. The smallest absolute Gasteiger partial charge is 0.219 e. The van der Waals surface area contributed by atoms with Crippen LogP contribution in [0, 0.1) is 11.6 Å². The molecule has 0 fully saturated rings. The van der Waals surface area contributed by atoms with Gasteiger partial charge in [-0.25, -0.2) is 8.78 Å². The molecule has 1 atom stereocenters. The number of nitrogens with zero attached hydrogens (tertiary/aromatic N) is 1.